The number of ether oxygens (including phenoxy) is 1. The quantitative estimate of drug-likeness (QED) is 0.757. The molecule has 2 rings (SSSR count). The Labute approximate surface area is 91.2 Å². The Morgan fingerprint density at radius 2 is 2.27 bits per heavy atom. The smallest absolute Gasteiger partial charge is 0.339 e. The molecule has 1 heterocycles. The van der Waals surface area contributed by atoms with Crippen LogP contribution in [0.25, 0.3) is 11.0 Å². The van der Waals surface area contributed by atoms with E-state index in [9.17, 15) is 4.79 Å². The summed E-state index contributed by atoms with van der Waals surface area (Å²) in [4.78, 5) is 18.6. The molecule has 0 amide bonds. The van der Waals surface area contributed by atoms with Gasteiger partial charge in [-0.2, -0.15) is 0 Å². The normalized spacial score (nSPS) is 10.6. The van der Waals surface area contributed by atoms with Crippen molar-refractivity contribution >= 4 is 28.6 Å². The summed E-state index contributed by atoms with van der Waals surface area (Å²) in [5, 5.41) is 0.359. The predicted molar refractivity (Wildman–Crippen MR) is 57.2 cm³/mol. The van der Waals surface area contributed by atoms with Gasteiger partial charge in [0.15, 0.2) is 0 Å². The number of carbonyl (C=O) groups excluding carboxylic acids is 1. The number of halogens is 1. The van der Waals surface area contributed by atoms with Gasteiger partial charge in [-0.15, -0.1) is 0 Å². The minimum absolute atomic E-state index is 0.332. The topological polar surface area (TPSA) is 55.0 Å². The van der Waals surface area contributed by atoms with Gasteiger partial charge in [-0.3, -0.25) is 0 Å². The van der Waals surface area contributed by atoms with Crippen molar-refractivity contribution in [2.75, 3.05) is 7.11 Å². The largest absolute Gasteiger partial charge is 0.465 e. The minimum atomic E-state index is -0.456. The predicted octanol–water partition coefficient (Wildman–Crippen LogP) is 2.31. The average Bonchev–Trinajstić information content (AvgIpc) is 2.55. The van der Waals surface area contributed by atoms with E-state index in [-0.39, 0.29) is 0 Å². The van der Waals surface area contributed by atoms with Crippen LogP contribution in [-0.4, -0.2) is 23.0 Å². The van der Waals surface area contributed by atoms with E-state index in [4.69, 9.17) is 11.6 Å². The van der Waals surface area contributed by atoms with Gasteiger partial charge in [0.05, 0.1) is 28.7 Å². The lowest BCUT2D eigenvalue weighted by Crippen LogP contribution is -2.01. The van der Waals surface area contributed by atoms with Crippen molar-refractivity contribution in [3.05, 3.63) is 28.5 Å². The second-order valence-electron chi connectivity index (χ2n) is 3.16. The molecule has 0 bridgehead atoms. The first-order chi connectivity index (χ1) is 7.11. The fourth-order valence-corrected chi connectivity index (χ4v) is 1.67. The van der Waals surface area contributed by atoms with Crippen molar-refractivity contribution in [3.8, 4) is 0 Å². The molecule has 0 fully saturated rings. The molecule has 78 valence electrons. The van der Waals surface area contributed by atoms with Crippen LogP contribution in [0, 0.1) is 6.92 Å². The van der Waals surface area contributed by atoms with Gasteiger partial charge in [0, 0.05) is 0 Å². The Bertz CT molecular complexity index is 533. The summed E-state index contributed by atoms with van der Waals surface area (Å²) in [7, 11) is 1.32. The summed E-state index contributed by atoms with van der Waals surface area (Å²) in [5.74, 6) is 0.325. The SMILES string of the molecule is COC(=O)c1cc2nc(C)[nH]c2cc1Cl. The highest BCUT2D eigenvalue weighted by Crippen LogP contribution is 2.23. The minimum Gasteiger partial charge on any atom is -0.465 e. The van der Waals surface area contributed by atoms with Gasteiger partial charge in [-0.05, 0) is 19.1 Å². The summed E-state index contributed by atoms with van der Waals surface area (Å²) in [5.41, 5.74) is 1.85. The van der Waals surface area contributed by atoms with Crippen molar-refractivity contribution in [3.63, 3.8) is 0 Å². The van der Waals surface area contributed by atoms with E-state index in [1.165, 1.54) is 7.11 Å². The number of methoxy groups -OCH3 is 1. The van der Waals surface area contributed by atoms with E-state index < -0.39 is 5.97 Å². The van der Waals surface area contributed by atoms with Crippen LogP contribution < -0.4 is 0 Å². The van der Waals surface area contributed by atoms with E-state index in [1.54, 1.807) is 12.1 Å². The lowest BCUT2D eigenvalue weighted by molar-refractivity contribution is 0.0601. The Morgan fingerprint density at radius 1 is 1.53 bits per heavy atom. The Kier molecular flexibility index (Phi) is 2.36. The second-order valence-corrected chi connectivity index (χ2v) is 3.57. The van der Waals surface area contributed by atoms with Crippen molar-refractivity contribution in [1.82, 2.24) is 9.97 Å². The monoisotopic (exact) mass is 224 g/mol. The first kappa shape index (κ1) is 9.98. The number of rotatable bonds is 1. The summed E-state index contributed by atoms with van der Waals surface area (Å²) >= 11 is 5.94. The number of H-pyrrole nitrogens is 1. The van der Waals surface area contributed by atoms with Gasteiger partial charge >= 0.3 is 5.97 Å². The molecule has 2 aromatic rings. The summed E-state index contributed by atoms with van der Waals surface area (Å²) in [6.45, 7) is 1.84. The van der Waals surface area contributed by atoms with E-state index >= 15 is 0 Å². The third-order valence-corrected chi connectivity index (χ3v) is 2.41. The Balaban J connectivity index is 2.66. The third-order valence-electron chi connectivity index (χ3n) is 2.09. The van der Waals surface area contributed by atoms with Gasteiger partial charge in [0.25, 0.3) is 0 Å². The van der Waals surface area contributed by atoms with E-state index in [1.807, 2.05) is 6.92 Å². The number of nitrogens with one attached hydrogen (secondary N) is 1. The van der Waals surface area contributed by atoms with Crippen LogP contribution >= 0.6 is 11.6 Å². The van der Waals surface area contributed by atoms with E-state index in [0.717, 1.165) is 11.3 Å². The number of esters is 1. The van der Waals surface area contributed by atoms with Crippen LogP contribution in [0.3, 0.4) is 0 Å². The van der Waals surface area contributed by atoms with Crippen molar-refractivity contribution < 1.29 is 9.53 Å². The zero-order valence-electron chi connectivity index (χ0n) is 8.30. The van der Waals surface area contributed by atoms with Gasteiger partial charge in [0.1, 0.15) is 5.82 Å². The van der Waals surface area contributed by atoms with Gasteiger partial charge in [-0.25, -0.2) is 9.78 Å². The maximum absolute atomic E-state index is 11.3. The molecule has 1 aromatic carbocycles. The van der Waals surface area contributed by atoms with Crippen LogP contribution in [-0.2, 0) is 4.74 Å². The molecule has 1 aromatic heterocycles. The molecular formula is C10H9ClN2O2. The molecule has 0 spiro atoms. The third kappa shape index (κ3) is 1.68. The molecule has 0 aliphatic heterocycles. The maximum atomic E-state index is 11.3. The fraction of sp³-hybridized carbons (Fsp3) is 0.200. The zero-order chi connectivity index (χ0) is 11.0. The zero-order valence-corrected chi connectivity index (χ0v) is 9.05. The van der Waals surface area contributed by atoms with E-state index in [2.05, 4.69) is 14.7 Å². The summed E-state index contributed by atoms with van der Waals surface area (Å²) < 4.78 is 4.61. The fourth-order valence-electron chi connectivity index (χ4n) is 1.42. The van der Waals surface area contributed by atoms with Crippen molar-refractivity contribution in [2.45, 2.75) is 6.92 Å². The number of aromatic amines is 1. The van der Waals surface area contributed by atoms with Gasteiger partial charge in [0.2, 0.25) is 0 Å². The van der Waals surface area contributed by atoms with Gasteiger partial charge in [-0.1, -0.05) is 11.6 Å². The maximum Gasteiger partial charge on any atom is 0.339 e. The first-order valence-corrected chi connectivity index (χ1v) is 4.74. The number of benzene rings is 1. The number of aromatic nitrogens is 2. The Morgan fingerprint density at radius 3 is 2.93 bits per heavy atom. The van der Waals surface area contributed by atoms with Crippen molar-refractivity contribution in [1.29, 1.82) is 0 Å². The number of fused-ring (bicyclic) bond motifs is 1. The molecule has 0 aliphatic carbocycles. The molecule has 0 unspecified atom stereocenters. The number of hydrogen-bond acceptors (Lipinski definition) is 3. The molecule has 0 saturated heterocycles. The molecule has 1 N–H and O–H groups in total. The molecule has 5 heteroatoms. The summed E-state index contributed by atoms with van der Waals surface area (Å²) in [6, 6.07) is 3.29. The molecule has 0 aliphatic rings. The average molecular weight is 225 g/mol. The van der Waals surface area contributed by atoms with Crippen LogP contribution in [0.4, 0.5) is 0 Å². The Hall–Kier alpha value is -1.55. The molecule has 4 nitrogen and oxygen atoms in total. The lowest BCUT2D eigenvalue weighted by Gasteiger charge is -2.01. The number of carbonyl (C=O) groups is 1. The highest BCUT2D eigenvalue weighted by molar-refractivity contribution is 6.34. The number of nitrogens with zero attached hydrogens (tertiary/aromatic N) is 1. The van der Waals surface area contributed by atoms with Gasteiger partial charge < -0.3 is 9.72 Å². The summed E-state index contributed by atoms with van der Waals surface area (Å²) in [6.07, 6.45) is 0. The number of aryl methyl sites for hydroxylation is 1. The van der Waals surface area contributed by atoms with E-state index in [0.29, 0.717) is 16.1 Å². The molecule has 0 atom stereocenters. The van der Waals surface area contributed by atoms with Crippen LogP contribution in [0.2, 0.25) is 5.02 Å². The highest BCUT2D eigenvalue weighted by atomic mass is 35.5. The molecule has 0 saturated carbocycles. The molecular weight excluding hydrogens is 216 g/mol. The molecule has 0 radical (unpaired) electrons. The van der Waals surface area contributed by atoms with Crippen LogP contribution in [0.5, 0.6) is 0 Å². The second kappa shape index (κ2) is 3.55. The van der Waals surface area contributed by atoms with Crippen LogP contribution in [0.1, 0.15) is 16.2 Å². The number of hydrogen-bond donors (Lipinski definition) is 1. The number of imidazole rings is 1. The standard InChI is InChI=1S/C10H9ClN2O2/c1-5-12-8-3-6(10(14)15-2)7(11)4-9(8)13-5/h3-4H,1-2H3,(H,12,13). The lowest BCUT2D eigenvalue weighted by atomic mass is 10.2. The van der Waals surface area contributed by atoms with Crippen molar-refractivity contribution in [2.24, 2.45) is 0 Å². The van der Waals surface area contributed by atoms with Crippen LogP contribution in [0.15, 0.2) is 12.1 Å². The molecule has 15 heavy (non-hydrogen) atoms. The first-order valence-electron chi connectivity index (χ1n) is 4.36. The highest BCUT2D eigenvalue weighted by Gasteiger charge is 2.13.